The Kier molecular flexibility index (Phi) is 3.57. The van der Waals surface area contributed by atoms with Gasteiger partial charge in [0, 0.05) is 6.54 Å². The fraction of sp³-hybridized carbons (Fsp3) is 1.00. The highest BCUT2D eigenvalue weighted by Crippen LogP contribution is 2.34. The molecule has 72 valence electrons. The van der Waals surface area contributed by atoms with Gasteiger partial charge >= 0.3 is 0 Å². The number of rotatable bonds is 3. The first kappa shape index (κ1) is 10.0. The second-order valence-electron chi connectivity index (χ2n) is 4.79. The van der Waals surface area contributed by atoms with E-state index in [0.717, 1.165) is 5.92 Å². The first-order valence-corrected chi connectivity index (χ1v) is 5.37. The highest BCUT2D eigenvalue weighted by atomic mass is 14.9. The van der Waals surface area contributed by atoms with E-state index < -0.39 is 0 Å². The van der Waals surface area contributed by atoms with Gasteiger partial charge in [0.1, 0.15) is 0 Å². The van der Waals surface area contributed by atoms with Crippen LogP contribution < -0.4 is 5.32 Å². The van der Waals surface area contributed by atoms with Gasteiger partial charge in [-0.05, 0) is 30.7 Å². The minimum atomic E-state index is 0.535. The first-order chi connectivity index (χ1) is 5.67. The van der Waals surface area contributed by atoms with Crippen LogP contribution in [0.2, 0.25) is 0 Å². The summed E-state index contributed by atoms with van der Waals surface area (Å²) >= 11 is 0. The molecule has 1 atom stereocenters. The Morgan fingerprint density at radius 1 is 1.42 bits per heavy atom. The van der Waals surface area contributed by atoms with Gasteiger partial charge in [-0.25, -0.2) is 0 Å². The molecule has 1 aliphatic rings. The molecule has 0 spiro atoms. The lowest BCUT2D eigenvalue weighted by molar-refractivity contribution is 0.144. The molecule has 1 rings (SSSR count). The molecule has 1 unspecified atom stereocenters. The lowest BCUT2D eigenvalue weighted by Crippen LogP contribution is -2.42. The lowest BCUT2D eigenvalue weighted by atomic mass is 9.72. The third-order valence-corrected chi connectivity index (χ3v) is 3.26. The van der Waals surface area contributed by atoms with Crippen LogP contribution >= 0.6 is 0 Å². The van der Waals surface area contributed by atoms with E-state index in [0.29, 0.717) is 5.41 Å². The third-order valence-electron chi connectivity index (χ3n) is 3.26. The Labute approximate surface area is 76.9 Å². The third kappa shape index (κ3) is 2.48. The Hall–Kier alpha value is -0.0400. The van der Waals surface area contributed by atoms with Gasteiger partial charge < -0.3 is 5.32 Å². The van der Waals surface area contributed by atoms with E-state index in [2.05, 4.69) is 26.1 Å². The van der Waals surface area contributed by atoms with Crippen LogP contribution in [0.3, 0.4) is 0 Å². The van der Waals surface area contributed by atoms with E-state index in [9.17, 15) is 0 Å². The number of unbranched alkanes of at least 4 members (excludes halogenated alkanes) is 1. The van der Waals surface area contributed by atoms with Crippen LogP contribution in [0.4, 0.5) is 0 Å². The maximum atomic E-state index is 3.48. The van der Waals surface area contributed by atoms with Crippen molar-refractivity contribution in [3.05, 3.63) is 0 Å². The molecular formula is C11H23N. The number of piperidine rings is 1. The van der Waals surface area contributed by atoms with Gasteiger partial charge in [-0.1, -0.05) is 33.6 Å². The van der Waals surface area contributed by atoms with Crippen molar-refractivity contribution in [2.24, 2.45) is 11.3 Å². The molecule has 1 saturated heterocycles. The highest BCUT2D eigenvalue weighted by Gasteiger charge is 2.30. The fourth-order valence-corrected chi connectivity index (χ4v) is 2.21. The van der Waals surface area contributed by atoms with Gasteiger partial charge in [-0.15, -0.1) is 0 Å². The van der Waals surface area contributed by atoms with E-state index in [4.69, 9.17) is 0 Å². The van der Waals surface area contributed by atoms with E-state index in [1.807, 2.05) is 0 Å². The minimum absolute atomic E-state index is 0.535. The highest BCUT2D eigenvalue weighted by molar-refractivity contribution is 4.84. The molecule has 1 heterocycles. The molecular weight excluding hydrogens is 146 g/mol. The molecule has 1 heteroatoms. The topological polar surface area (TPSA) is 12.0 Å². The van der Waals surface area contributed by atoms with Crippen LogP contribution in [-0.4, -0.2) is 13.1 Å². The summed E-state index contributed by atoms with van der Waals surface area (Å²) < 4.78 is 0. The van der Waals surface area contributed by atoms with Crippen molar-refractivity contribution >= 4 is 0 Å². The molecule has 0 aromatic heterocycles. The van der Waals surface area contributed by atoms with Crippen molar-refractivity contribution in [2.45, 2.75) is 46.5 Å². The zero-order valence-corrected chi connectivity index (χ0v) is 8.82. The molecule has 1 fully saturated rings. The predicted octanol–water partition coefficient (Wildman–Crippen LogP) is 2.81. The summed E-state index contributed by atoms with van der Waals surface area (Å²) in [6, 6.07) is 0. The van der Waals surface area contributed by atoms with Crippen molar-refractivity contribution < 1.29 is 0 Å². The molecule has 12 heavy (non-hydrogen) atoms. The van der Waals surface area contributed by atoms with E-state index >= 15 is 0 Å². The Bertz CT molecular complexity index is 129. The van der Waals surface area contributed by atoms with Crippen molar-refractivity contribution in [1.29, 1.82) is 0 Å². The van der Waals surface area contributed by atoms with Crippen molar-refractivity contribution in [3.63, 3.8) is 0 Å². The fourth-order valence-electron chi connectivity index (χ4n) is 2.21. The molecule has 0 radical (unpaired) electrons. The summed E-state index contributed by atoms with van der Waals surface area (Å²) in [7, 11) is 0. The van der Waals surface area contributed by atoms with E-state index in [1.54, 1.807) is 0 Å². The molecule has 0 aromatic rings. The second kappa shape index (κ2) is 4.27. The smallest absolute Gasteiger partial charge is 0.000518 e. The molecule has 0 aromatic carbocycles. The van der Waals surface area contributed by atoms with Gasteiger partial charge in [0.2, 0.25) is 0 Å². The van der Waals surface area contributed by atoms with Crippen LogP contribution in [0.1, 0.15) is 46.5 Å². The average Bonchev–Trinajstić information content (AvgIpc) is 2.02. The van der Waals surface area contributed by atoms with Crippen molar-refractivity contribution in [1.82, 2.24) is 5.32 Å². The zero-order chi connectivity index (χ0) is 9.03. The number of hydrogen-bond acceptors (Lipinski definition) is 1. The minimum Gasteiger partial charge on any atom is -0.316 e. The Morgan fingerprint density at radius 2 is 2.17 bits per heavy atom. The largest absolute Gasteiger partial charge is 0.316 e. The maximum Gasteiger partial charge on any atom is 0.000518 e. The summed E-state index contributed by atoms with van der Waals surface area (Å²) in [5.74, 6) is 0.957. The predicted molar refractivity (Wildman–Crippen MR) is 54.3 cm³/mol. The van der Waals surface area contributed by atoms with Gasteiger partial charge in [0.15, 0.2) is 0 Å². The van der Waals surface area contributed by atoms with E-state index in [-0.39, 0.29) is 0 Å². The second-order valence-corrected chi connectivity index (χ2v) is 4.79. The van der Waals surface area contributed by atoms with Gasteiger partial charge in [-0.2, -0.15) is 0 Å². The summed E-state index contributed by atoms with van der Waals surface area (Å²) in [5, 5.41) is 3.48. The van der Waals surface area contributed by atoms with Gasteiger partial charge in [0.05, 0.1) is 0 Å². The van der Waals surface area contributed by atoms with Crippen molar-refractivity contribution in [2.75, 3.05) is 13.1 Å². The van der Waals surface area contributed by atoms with Crippen LogP contribution in [0.5, 0.6) is 0 Å². The van der Waals surface area contributed by atoms with Crippen molar-refractivity contribution in [3.8, 4) is 0 Å². The monoisotopic (exact) mass is 169 g/mol. The maximum absolute atomic E-state index is 3.48. The van der Waals surface area contributed by atoms with Crippen LogP contribution in [0.25, 0.3) is 0 Å². The standard InChI is InChI=1S/C11H23N/c1-4-5-6-10-7-8-12-9-11(10,2)3/h10,12H,4-9H2,1-3H3. The first-order valence-electron chi connectivity index (χ1n) is 5.37. The summed E-state index contributed by atoms with van der Waals surface area (Å²) in [4.78, 5) is 0. The Morgan fingerprint density at radius 3 is 2.75 bits per heavy atom. The molecule has 0 aliphatic carbocycles. The molecule has 0 amide bonds. The van der Waals surface area contributed by atoms with Crippen LogP contribution in [0.15, 0.2) is 0 Å². The average molecular weight is 169 g/mol. The summed E-state index contributed by atoms with van der Waals surface area (Å²) in [6.45, 7) is 9.53. The number of nitrogens with one attached hydrogen (secondary N) is 1. The van der Waals surface area contributed by atoms with Gasteiger partial charge in [-0.3, -0.25) is 0 Å². The molecule has 1 aliphatic heterocycles. The molecule has 1 N–H and O–H groups in total. The van der Waals surface area contributed by atoms with Crippen LogP contribution in [0, 0.1) is 11.3 Å². The van der Waals surface area contributed by atoms with E-state index in [1.165, 1.54) is 38.8 Å². The molecule has 1 nitrogen and oxygen atoms in total. The lowest BCUT2D eigenvalue weighted by Gasteiger charge is -2.39. The normalized spacial score (nSPS) is 28.8. The molecule has 0 bridgehead atoms. The SMILES string of the molecule is CCCCC1CCNCC1(C)C. The zero-order valence-electron chi connectivity index (χ0n) is 8.82. The summed E-state index contributed by atoms with van der Waals surface area (Å²) in [6.07, 6.45) is 5.58. The summed E-state index contributed by atoms with van der Waals surface area (Å²) in [5.41, 5.74) is 0.535. The quantitative estimate of drug-likeness (QED) is 0.685. The molecule has 0 saturated carbocycles. The Balaban J connectivity index is 2.37. The number of hydrogen-bond donors (Lipinski definition) is 1. The van der Waals surface area contributed by atoms with Gasteiger partial charge in [0.25, 0.3) is 0 Å². The van der Waals surface area contributed by atoms with Crippen LogP contribution in [-0.2, 0) is 0 Å².